The highest BCUT2D eigenvalue weighted by Gasteiger charge is 2.46. The van der Waals surface area contributed by atoms with E-state index in [9.17, 15) is 4.79 Å². The summed E-state index contributed by atoms with van der Waals surface area (Å²) >= 11 is 0. The zero-order valence-corrected chi connectivity index (χ0v) is 14.4. The van der Waals surface area contributed by atoms with Gasteiger partial charge in [-0.2, -0.15) is 0 Å². The van der Waals surface area contributed by atoms with Crippen LogP contribution in [-0.2, 0) is 0 Å². The van der Waals surface area contributed by atoms with Gasteiger partial charge in [0.25, 0.3) is 0 Å². The number of aromatic nitrogens is 3. The van der Waals surface area contributed by atoms with Crippen LogP contribution in [0.1, 0.15) is 25.7 Å². The third-order valence-electron chi connectivity index (χ3n) is 5.45. The number of nitrogens with zero attached hydrogens (tertiary/aromatic N) is 4. The molecule has 2 saturated heterocycles. The molecule has 1 atom stereocenters. The first-order chi connectivity index (χ1) is 12.2. The number of nitrogens with two attached hydrogens (primary N) is 1. The third kappa shape index (κ3) is 2.80. The normalized spacial score (nSPS) is 23.6. The Labute approximate surface area is 146 Å². The van der Waals surface area contributed by atoms with Crippen LogP contribution < -0.4 is 16.0 Å². The van der Waals surface area contributed by atoms with Crippen LogP contribution in [0.2, 0.25) is 0 Å². The maximum Gasteiger partial charge on any atom is 0.317 e. The Hall–Kier alpha value is -2.35. The van der Waals surface area contributed by atoms with E-state index in [4.69, 9.17) is 5.73 Å². The fourth-order valence-electron chi connectivity index (χ4n) is 4.36. The van der Waals surface area contributed by atoms with Gasteiger partial charge in [-0.3, -0.25) is 0 Å². The first kappa shape index (κ1) is 16.1. The van der Waals surface area contributed by atoms with E-state index in [1.165, 1.54) is 0 Å². The van der Waals surface area contributed by atoms with Crippen molar-refractivity contribution in [2.75, 3.05) is 37.6 Å². The molecule has 2 amide bonds. The molecule has 1 unspecified atom stereocenters. The number of aromatic amines is 1. The zero-order valence-electron chi connectivity index (χ0n) is 14.4. The average molecular weight is 343 g/mol. The van der Waals surface area contributed by atoms with Crippen LogP contribution in [0.5, 0.6) is 0 Å². The first-order valence-electron chi connectivity index (χ1n) is 9.02. The molecule has 1 spiro atoms. The van der Waals surface area contributed by atoms with Gasteiger partial charge in [-0.25, -0.2) is 14.8 Å². The molecule has 4 N–H and O–H groups in total. The standard InChI is InChI=1S/C17H25N7O/c18-6-8-20-16(25)24-10-2-5-17(24)4-1-9-23(11-17)15-13-3-7-19-14(13)21-12-22-15/h3,7,12H,1-2,4-6,8-11,18H2,(H,20,25)(H,19,21,22). The minimum Gasteiger partial charge on any atom is -0.354 e. The second kappa shape index (κ2) is 6.51. The molecule has 8 heteroatoms. The quantitative estimate of drug-likeness (QED) is 0.773. The molecule has 2 aromatic heterocycles. The Morgan fingerprint density at radius 1 is 1.32 bits per heavy atom. The van der Waals surface area contributed by atoms with Crippen molar-refractivity contribution in [2.24, 2.45) is 5.73 Å². The van der Waals surface area contributed by atoms with Crippen LogP contribution in [0.4, 0.5) is 10.6 Å². The lowest BCUT2D eigenvalue weighted by atomic mass is 9.86. The second-order valence-corrected chi connectivity index (χ2v) is 6.96. The summed E-state index contributed by atoms with van der Waals surface area (Å²) in [5.74, 6) is 0.958. The smallest absolute Gasteiger partial charge is 0.317 e. The van der Waals surface area contributed by atoms with Crippen LogP contribution in [0.25, 0.3) is 11.0 Å². The van der Waals surface area contributed by atoms with Crippen LogP contribution in [0, 0.1) is 0 Å². The van der Waals surface area contributed by atoms with Crippen molar-refractivity contribution in [1.82, 2.24) is 25.2 Å². The predicted molar refractivity (Wildman–Crippen MR) is 96.5 cm³/mol. The molecule has 2 fully saturated rings. The van der Waals surface area contributed by atoms with Gasteiger partial charge >= 0.3 is 6.03 Å². The van der Waals surface area contributed by atoms with E-state index in [0.29, 0.717) is 13.1 Å². The van der Waals surface area contributed by atoms with Crippen molar-refractivity contribution < 1.29 is 4.79 Å². The first-order valence-corrected chi connectivity index (χ1v) is 9.02. The number of amides is 2. The lowest BCUT2D eigenvalue weighted by molar-refractivity contribution is 0.131. The van der Waals surface area contributed by atoms with Crippen LogP contribution in [0.15, 0.2) is 18.6 Å². The number of rotatable bonds is 3. The molecule has 0 aromatic carbocycles. The minimum absolute atomic E-state index is 0.0132. The molecule has 4 heterocycles. The summed E-state index contributed by atoms with van der Waals surface area (Å²) in [6.45, 7) is 3.57. The van der Waals surface area contributed by atoms with Gasteiger partial charge in [-0.05, 0) is 31.7 Å². The van der Waals surface area contributed by atoms with Crippen molar-refractivity contribution in [3.8, 4) is 0 Å². The average Bonchev–Trinajstić information content (AvgIpc) is 3.26. The van der Waals surface area contributed by atoms with Gasteiger partial charge in [0.2, 0.25) is 0 Å². The molecule has 8 nitrogen and oxygen atoms in total. The number of likely N-dealkylation sites (tertiary alicyclic amines) is 1. The van der Waals surface area contributed by atoms with Crippen molar-refractivity contribution in [1.29, 1.82) is 0 Å². The van der Waals surface area contributed by atoms with Gasteiger partial charge < -0.3 is 25.8 Å². The van der Waals surface area contributed by atoms with E-state index in [0.717, 1.165) is 62.2 Å². The molecule has 2 aliphatic rings. The summed E-state index contributed by atoms with van der Waals surface area (Å²) < 4.78 is 0. The molecule has 2 aliphatic heterocycles. The molecule has 0 aliphatic carbocycles. The topological polar surface area (TPSA) is 103 Å². The summed E-state index contributed by atoms with van der Waals surface area (Å²) in [6, 6.07) is 2.03. The van der Waals surface area contributed by atoms with Gasteiger partial charge in [0.05, 0.1) is 10.9 Å². The Kier molecular flexibility index (Phi) is 4.20. The van der Waals surface area contributed by atoms with Crippen LogP contribution in [0.3, 0.4) is 0 Å². The molecule has 0 saturated carbocycles. The van der Waals surface area contributed by atoms with Crippen LogP contribution >= 0.6 is 0 Å². The number of hydrogen-bond acceptors (Lipinski definition) is 5. The summed E-state index contributed by atoms with van der Waals surface area (Å²) in [5.41, 5.74) is 6.28. The third-order valence-corrected chi connectivity index (χ3v) is 5.45. The number of carbonyl (C=O) groups is 1. The maximum absolute atomic E-state index is 12.6. The summed E-state index contributed by atoms with van der Waals surface area (Å²) in [6.07, 6.45) is 7.69. The highest BCUT2D eigenvalue weighted by Crippen LogP contribution is 2.39. The van der Waals surface area contributed by atoms with Crippen molar-refractivity contribution >= 4 is 22.9 Å². The Morgan fingerprint density at radius 2 is 2.16 bits per heavy atom. The molecule has 0 bridgehead atoms. The van der Waals surface area contributed by atoms with Crippen molar-refractivity contribution in [2.45, 2.75) is 31.2 Å². The second-order valence-electron chi connectivity index (χ2n) is 6.96. The molecule has 25 heavy (non-hydrogen) atoms. The summed E-state index contributed by atoms with van der Waals surface area (Å²) in [7, 11) is 0. The highest BCUT2D eigenvalue weighted by atomic mass is 16.2. The Morgan fingerprint density at radius 3 is 3.00 bits per heavy atom. The summed E-state index contributed by atoms with van der Waals surface area (Å²) in [4.78, 5) is 28.9. The van der Waals surface area contributed by atoms with Gasteiger partial charge in [0.1, 0.15) is 17.8 Å². The lowest BCUT2D eigenvalue weighted by Gasteiger charge is -2.46. The number of urea groups is 1. The van der Waals surface area contributed by atoms with Crippen LogP contribution in [-0.4, -0.2) is 64.1 Å². The Bertz CT molecular complexity index is 760. The minimum atomic E-state index is -0.107. The predicted octanol–water partition coefficient (Wildman–Crippen LogP) is 1.06. The van der Waals surface area contributed by atoms with E-state index >= 15 is 0 Å². The van der Waals surface area contributed by atoms with E-state index in [2.05, 4.69) is 25.2 Å². The number of H-pyrrole nitrogens is 1. The molecule has 0 radical (unpaired) electrons. The summed E-state index contributed by atoms with van der Waals surface area (Å²) in [5, 5.41) is 3.98. The van der Waals surface area contributed by atoms with E-state index in [1.54, 1.807) is 6.33 Å². The fraction of sp³-hybridized carbons (Fsp3) is 0.588. The molecule has 134 valence electrons. The number of carbonyl (C=O) groups excluding carboxylic acids is 1. The molecule has 4 rings (SSSR count). The van der Waals surface area contributed by atoms with Gasteiger partial charge in [0.15, 0.2) is 0 Å². The number of hydrogen-bond donors (Lipinski definition) is 3. The number of fused-ring (bicyclic) bond motifs is 1. The van der Waals surface area contributed by atoms with Gasteiger partial charge in [0, 0.05) is 38.9 Å². The monoisotopic (exact) mass is 343 g/mol. The van der Waals surface area contributed by atoms with E-state index < -0.39 is 0 Å². The van der Waals surface area contributed by atoms with E-state index in [1.807, 2.05) is 17.2 Å². The number of anilines is 1. The lowest BCUT2D eigenvalue weighted by Crippen LogP contribution is -2.59. The zero-order chi connectivity index (χ0) is 17.3. The number of piperidine rings is 1. The largest absolute Gasteiger partial charge is 0.354 e. The van der Waals surface area contributed by atoms with Gasteiger partial charge in [-0.1, -0.05) is 0 Å². The van der Waals surface area contributed by atoms with E-state index in [-0.39, 0.29) is 11.6 Å². The molecular formula is C17H25N7O. The van der Waals surface area contributed by atoms with Crippen molar-refractivity contribution in [3.63, 3.8) is 0 Å². The fourth-order valence-corrected chi connectivity index (χ4v) is 4.36. The molecular weight excluding hydrogens is 318 g/mol. The molecule has 2 aromatic rings. The number of nitrogens with one attached hydrogen (secondary N) is 2. The SMILES string of the molecule is NCCNC(=O)N1CCCC12CCCN(c1ncnc3[nH]ccc13)C2. The van der Waals surface area contributed by atoms with Gasteiger partial charge in [-0.15, -0.1) is 0 Å². The maximum atomic E-state index is 12.6. The Balaban J connectivity index is 1.59. The van der Waals surface area contributed by atoms with Crippen molar-refractivity contribution in [3.05, 3.63) is 18.6 Å². The highest BCUT2D eigenvalue weighted by molar-refractivity contribution is 5.87.